The molecule has 0 saturated carbocycles. The van der Waals surface area contributed by atoms with Gasteiger partial charge < -0.3 is 15.0 Å². The van der Waals surface area contributed by atoms with Crippen LogP contribution in [-0.4, -0.2) is 62.2 Å². The van der Waals surface area contributed by atoms with Gasteiger partial charge in [0.05, 0.1) is 31.0 Å². The third kappa shape index (κ3) is 4.37. The molecule has 2 fully saturated rings. The molecule has 5 rings (SSSR count). The first-order valence-corrected chi connectivity index (χ1v) is 13.3. The van der Waals surface area contributed by atoms with Gasteiger partial charge in [-0.25, -0.2) is 17.7 Å². The summed E-state index contributed by atoms with van der Waals surface area (Å²) in [6.45, 7) is 4.67. The number of aryl methyl sites for hydroxylation is 1. The maximum atomic E-state index is 13.8. The molecule has 2 aromatic rings. The van der Waals surface area contributed by atoms with Gasteiger partial charge in [0.25, 0.3) is 0 Å². The van der Waals surface area contributed by atoms with Crippen LogP contribution < -0.4 is 10.2 Å². The van der Waals surface area contributed by atoms with Gasteiger partial charge in [-0.3, -0.25) is 4.79 Å². The molecular weight excluding hydrogens is 440 g/mol. The number of hydrogen-bond donors (Lipinski definition) is 1. The second-order valence-electron chi connectivity index (χ2n) is 9.30. The molecule has 4 heterocycles. The van der Waals surface area contributed by atoms with E-state index in [9.17, 15) is 13.2 Å². The number of nitrogens with one attached hydrogen (secondary N) is 1. The number of benzene rings is 1. The van der Waals surface area contributed by atoms with Gasteiger partial charge in [0, 0.05) is 37.3 Å². The minimum atomic E-state index is -3.20. The second kappa shape index (κ2) is 8.70. The fourth-order valence-corrected chi connectivity index (χ4v) is 6.08. The normalized spacial score (nSPS) is 25.9. The number of amides is 1. The van der Waals surface area contributed by atoms with Gasteiger partial charge in [0.15, 0.2) is 0 Å². The number of fused-ring (bicyclic) bond motifs is 1. The molecule has 0 bridgehead atoms. The average molecular weight is 471 g/mol. The molecular formula is C24H30N4O4S. The zero-order chi connectivity index (χ0) is 23.2. The van der Waals surface area contributed by atoms with Crippen LogP contribution in [-0.2, 0) is 26.1 Å². The first-order chi connectivity index (χ1) is 15.8. The molecule has 0 radical (unpaired) electrons. The van der Waals surface area contributed by atoms with Crippen LogP contribution >= 0.6 is 0 Å². The van der Waals surface area contributed by atoms with Gasteiger partial charge in [-0.15, -0.1) is 0 Å². The molecule has 176 valence electrons. The molecule has 2 saturated heterocycles. The molecule has 3 aliphatic rings. The zero-order valence-electron chi connectivity index (χ0n) is 19.0. The van der Waals surface area contributed by atoms with Gasteiger partial charge >= 0.3 is 0 Å². The van der Waals surface area contributed by atoms with E-state index >= 15 is 0 Å². The smallest absolute Gasteiger partial charge is 0.236 e. The van der Waals surface area contributed by atoms with Crippen LogP contribution in [0.2, 0.25) is 0 Å². The lowest BCUT2D eigenvalue weighted by Gasteiger charge is -2.36. The summed E-state index contributed by atoms with van der Waals surface area (Å²) in [5, 5.41) is 3.40. The molecule has 0 spiro atoms. The lowest BCUT2D eigenvalue weighted by molar-refractivity contribution is -0.122. The van der Waals surface area contributed by atoms with E-state index in [1.54, 1.807) is 0 Å². The summed E-state index contributed by atoms with van der Waals surface area (Å²) in [5.41, 5.74) is 3.87. The molecule has 9 heteroatoms. The molecule has 3 atom stereocenters. The van der Waals surface area contributed by atoms with Crippen molar-refractivity contribution in [2.75, 3.05) is 42.8 Å². The van der Waals surface area contributed by atoms with E-state index in [1.165, 1.54) is 10.6 Å². The predicted molar refractivity (Wildman–Crippen MR) is 127 cm³/mol. The highest BCUT2D eigenvalue weighted by atomic mass is 32.2. The van der Waals surface area contributed by atoms with E-state index in [4.69, 9.17) is 9.72 Å². The van der Waals surface area contributed by atoms with Crippen LogP contribution in [0.15, 0.2) is 36.4 Å². The summed E-state index contributed by atoms with van der Waals surface area (Å²) < 4.78 is 30.8. The number of pyridine rings is 1. The quantitative estimate of drug-likeness (QED) is 0.722. The Balaban J connectivity index is 1.45. The van der Waals surface area contributed by atoms with Crippen molar-refractivity contribution in [2.45, 2.75) is 38.3 Å². The third-order valence-electron chi connectivity index (χ3n) is 6.98. The fraction of sp³-hybridized carbons (Fsp3) is 0.500. The molecule has 8 nitrogen and oxygen atoms in total. The van der Waals surface area contributed by atoms with Crippen molar-refractivity contribution in [3.63, 3.8) is 0 Å². The molecule has 3 aliphatic heterocycles. The van der Waals surface area contributed by atoms with Gasteiger partial charge in [-0.1, -0.05) is 24.3 Å². The minimum Gasteiger partial charge on any atom is -0.381 e. The molecule has 3 unspecified atom stereocenters. The van der Waals surface area contributed by atoms with Crippen LogP contribution in [0.3, 0.4) is 0 Å². The Bertz CT molecular complexity index is 1160. The summed E-state index contributed by atoms with van der Waals surface area (Å²) >= 11 is 0. The van der Waals surface area contributed by atoms with Crippen molar-refractivity contribution in [3.8, 4) is 0 Å². The SMILES string of the molecule is Cc1ccccc1N1Cc2ccc(NC3CCN(S(C)(=O)=O)C3)nc2C(C2CCOC2)C1=O. The molecule has 1 aromatic carbocycles. The number of para-hydroxylation sites is 1. The Morgan fingerprint density at radius 2 is 1.97 bits per heavy atom. The van der Waals surface area contributed by atoms with E-state index in [2.05, 4.69) is 11.4 Å². The van der Waals surface area contributed by atoms with Crippen molar-refractivity contribution in [2.24, 2.45) is 5.92 Å². The van der Waals surface area contributed by atoms with Gasteiger partial charge in [-0.2, -0.15) is 0 Å². The number of ether oxygens (including phenoxy) is 1. The monoisotopic (exact) mass is 470 g/mol. The van der Waals surface area contributed by atoms with E-state index in [0.29, 0.717) is 38.7 Å². The van der Waals surface area contributed by atoms with E-state index < -0.39 is 10.0 Å². The molecule has 0 aliphatic carbocycles. The van der Waals surface area contributed by atoms with Gasteiger partial charge in [-0.05, 0) is 43.0 Å². The third-order valence-corrected chi connectivity index (χ3v) is 8.25. The summed E-state index contributed by atoms with van der Waals surface area (Å²) in [6, 6.07) is 12.0. The average Bonchev–Trinajstić information content (AvgIpc) is 3.46. The number of aromatic nitrogens is 1. The number of carbonyl (C=O) groups is 1. The number of sulfonamides is 1. The summed E-state index contributed by atoms with van der Waals surface area (Å²) in [7, 11) is -3.20. The number of nitrogens with zero attached hydrogens (tertiary/aromatic N) is 3. The lowest BCUT2D eigenvalue weighted by atomic mass is 9.82. The highest BCUT2D eigenvalue weighted by molar-refractivity contribution is 7.88. The second-order valence-corrected chi connectivity index (χ2v) is 11.3. The number of hydrogen-bond acceptors (Lipinski definition) is 6. The van der Waals surface area contributed by atoms with Crippen LogP contribution in [0, 0.1) is 12.8 Å². The highest BCUT2D eigenvalue weighted by Gasteiger charge is 2.42. The van der Waals surface area contributed by atoms with Crippen molar-refractivity contribution >= 4 is 27.4 Å². The van der Waals surface area contributed by atoms with Crippen molar-refractivity contribution < 1.29 is 17.9 Å². The summed E-state index contributed by atoms with van der Waals surface area (Å²) in [6.07, 6.45) is 2.81. The fourth-order valence-electron chi connectivity index (χ4n) is 5.19. The standard InChI is InChI=1S/C24H30N4O4S/c1-16-5-3-4-6-20(16)28-13-17-7-8-21(25-19-9-11-27(14-19)33(2,30)31)26-23(17)22(24(28)29)18-10-12-32-15-18/h3-8,18-19,22H,9-15H2,1-2H3,(H,25,26). The molecule has 1 amide bonds. The van der Waals surface area contributed by atoms with Gasteiger partial charge in [0.2, 0.25) is 15.9 Å². The van der Waals surface area contributed by atoms with E-state index in [1.807, 2.05) is 42.2 Å². The Hall–Kier alpha value is -2.49. The summed E-state index contributed by atoms with van der Waals surface area (Å²) in [5.74, 6) is 0.503. The molecule has 1 aromatic heterocycles. The molecule has 33 heavy (non-hydrogen) atoms. The van der Waals surface area contributed by atoms with Gasteiger partial charge in [0.1, 0.15) is 5.82 Å². The Morgan fingerprint density at radius 1 is 1.15 bits per heavy atom. The first kappa shape index (κ1) is 22.3. The lowest BCUT2D eigenvalue weighted by Crippen LogP contribution is -2.43. The van der Waals surface area contributed by atoms with Crippen LogP contribution in [0.5, 0.6) is 0 Å². The number of anilines is 2. The van der Waals surface area contributed by atoms with Crippen LogP contribution in [0.4, 0.5) is 11.5 Å². The van der Waals surface area contributed by atoms with Crippen molar-refractivity contribution in [1.82, 2.24) is 9.29 Å². The maximum absolute atomic E-state index is 13.8. The highest BCUT2D eigenvalue weighted by Crippen LogP contribution is 2.40. The zero-order valence-corrected chi connectivity index (χ0v) is 19.8. The number of rotatable bonds is 5. The largest absolute Gasteiger partial charge is 0.381 e. The van der Waals surface area contributed by atoms with Crippen LogP contribution in [0.25, 0.3) is 0 Å². The summed E-state index contributed by atoms with van der Waals surface area (Å²) in [4.78, 5) is 20.6. The first-order valence-electron chi connectivity index (χ1n) is 11.5. The van der Waals surface area contributed by atoms with E-state index in [-0.39, 0.29) is 23.8 Å². The topological polar surface area (TPSA) is 91.8 Å². The van der Waals surface area contributed by atoms with Crippen molar-refractivity contribution in [3.05, 3.63) is 53.2 Å². The Labute approximate surface area is 195 Å². The Kier molecular flexibility index (Phi) is 5.88. The number of carbonyl (C=O) groups excluding carboxylic acids is 1. The maximum Gasteiger partial charge on any atom is 0.236 e. The Morgan fingerprint density at radius 3 is 2.67 bits per heavy atom. The minimum absolute atomic E-state index is 0.00120. The van der Waals surface area contributed by atoms with Crippen molar-refractivity contribution in [1.29, 1.82) is 0 Å². The molecule has 1 N–H and O–H groups in total. The predicted octanol–water partition coefficient (Wildman–Crippen LogP) is 2.50. The van der Waals surface area contributed by atoms with E-state index in [0.717, 1.165) is 35.3 Å². The van der Waals surface area contributed by atoms with Crippen LogP contribution in [0.1, 0.15) is 35.6 Å².